The monoisotopic (exact) mass is 202 g/mol. The van der Waals surface area contributed by atoms with Gasteiger partial charge < -0.3 is 9.78 Å². The standard InChI is InChI=1S/C10H10N4O/c1-7-6-8(2-5-15)14-10(13-7)9-11-3-4-12-9/h3-6H,2H2,1H3,(H,11,12). The van der Waals surface area contributed by atoms with Crippen molar-refractivity contribution in [3.05, 3.63) is 29.8 Å². The molecule has 0 aliphatic heterocycles. The van der Waals surface area contributed by atoms with Gasteiger partial charge in [-0.15, -0.1) is 0 Å². The van der Waals surface area contributed by atoms with E-state index in [1.165, 1.54) is 0 Å². The highest BCUT2D eigenvalue weighted by Gasteiger charge is 2.06. The normalized spacial score (nSPS) is 10.2. The van der Waals surface area contributed by atoms with Crippen molar-refractivity contribution in [3.8, 4) is 11.6 Å². The first kappa shape index (κ1) is 9.51. The summed E-state index contributed by atoms with van der Waals surface area (Å²) in [6, 6.07) is 1.79. The van der Waals surface area contributed by atoms with Crippen LogP contribution in [0.4, 0.5) is 0 Å². The zero-order valence-electron chi connectivity index (χ0n) is 8.27. The van der Waals surface area contributed by atoms with E-state index in [9.17, 15) is 4.79 Å². The van der Waals surface area contributed by atoms with E-state index in [2.05, 4.69) is 19.9 Å². The molecule has 0 amide bonds. The van der Waals surface area contributed by atoms with Crippen molar-refractivity contribution in [1.82, 2.24) is 19.9 Å². The number of nitrogens with zero attached hydrogens (tertiary/aromatic N) is 3. The second-order valence-electron chi connectivity index (χ2n) is 3.13. The van der Waals surface area contributed by atoms with E-state index in [1.807, 2.05) is 6.92 Å². The van der Waals surface area contributed by atoms with Gasteiger partial charge in [0.25, 0.3) is 0 Å². The lowest BCUT2D eigenvalue weighted by atomic mass is 10.2. The molecule has 0 spiro atoms. The molecule has 2 heterocycles. The minimum atomic E-state index is 0.303. The number of rotatable bonds is 3. The zero-order valence-corrected chi connectivity index (χ0v) is 8.27. The largest absolute Gasteiger partial charge is 0.342 e. The summed E-state index contributed by atoms with van der Waals surface area (Å²) in [6.07, 6.45) is 4.48. The van der Waals surface area contributed by atoms with Crippen molar-refractivity contribution >= 4 is 6.29 Å². The lowest BCUT2D eigenvalue weighted by molar-refractivity contribution is -0.107. The molecule has 0 bridgehead atoms. The van der Waals surface area contributed by atoms with Crippen LogP contribution in [-0.4, -0.2) is 26.2 Å². The van der Waals surface area contributed by atoms with Gasteiger partial charge in [0.2, 0.25) is 0 Å². The van der Waals surface area contributed by atoms with E-state index in [0.29, 0.717) is 23.8 Å². The highest BCUT2D eigenvalue weighted by atomic mass is 16.1. The van der Waals surface area contributed by atoms with E-state index in [1.54, 1.807) is 18.5 Å². The van der Waals surface area contributed by atoms with Crippen LogP contribution in [0.5, 0.6) is 0 Å². The molecule has 0 fully saturated rings. The number of carbonyl (C=O) groups is 1. The maximum atomic E-state index is 10.4. The zero-order chi connectivity index (χ0) is 10.7. The van der Waals surface area contributed by atoms with Gasteiger partial charge >= 0.3 is 0 Å². The Hall–Kier alpha value is -2.04. The van der Waals surface area contributed by atoms with E-state index >= 15 is 0 Å². The number of aromatic amines is 1. The third-order valence-corrected chi connectivity index (χ3v) is 1.91. The lowest BCUT2D eigenvalue weighted by Crippen LogP contribution is -1.99. The van der Waals surface area contributed by atoms with E-state index in [0.717, 1.165) is 12.0 Å². The van der Waals surface area contributed by atoms with Crippen LogP contribution < -0.4 is 0 Å². The van der Waals surface area contributed by atoms with Gasteiger partial charge in [-0.1, -0.05) is 0 Å². The minimum Gasteiger partial charge on any atom is -0.342 e. The topological polar surface area (TPSA) is 71.5 Å². The number of hydrogen-bond donors (Lipinski definition) is 1. The molecule has 0 aromatic carbocycles. The molecule has 5 heteroatoms. The van der Waals surface area contributed by atoms with Crippen LogP contribution in [0.25, 0.3) is 11.6 Å². The van der Waals surface area contributed by atoms with Crippen LogP contribution in [0.15, 0.2) is 18.5 Å². The Balaban J connectivity index is 2.44. The van der Waals surface area contributed by atoms with Gasteiger partial charge in [0, 0.05) is 24.5 Å². The number of hydrogen-bond acceptors (Lipinski definition) is 4. The summed E-state index contributed by atoms with van der Waals surface area (Å²) in [6.45, 7) is 1.86. The molecular weight excluding hydrogens is 192 g/mol. The molecule has 76 valence electrons. The SMILES string of the molecule is Cc1cc(CC=O)nc(-c2ncc[nH]2)n1. The highest BCUT2D eigenvalue weighted by molar-refractivity contribution is 5.54. The number of carbonyl (C=O) groups excluding carboxylic acids is 1. The van der Waals surface area contributed by atoms with Crippen molar-refractivity contribution < 1.29 is 4.79 Å². The Kier molecular flexibility index (Phi) is 2.53. The Bertz CT molecular complexity index is 464. The summed E-state index contributed by atoms with van der Waals surface area (Å²) >= 11 is 0. The third-order valence-electron chi connectivity index (χ3n) is 1.91. The van der Waals surface area contributed by atoms with E-state index < -0.39 is 0 Å². The van der Waals surface area contributed by atoms with Crippen LogP contribution in [-0.2, 0) is 11.2 Å². The summed E-state index contributed by atoms with van der Waals surface area (Å²) in [5.74, 6) is 1.14. The predicted molar refractivity (Wildman–Crippen MR) is 54.1 cm³/mol. The lowest BCUT2D eigenvalue weighted by Gasteiger charge is -2.01. The molecule has 2 aromatic rings. The molecule has 0 saturated heterocycles. The maximum absolute atomic E-state index is 10.4. The van der Waals surface area contributed by atoms with Gasteiger partial charge in [-0.3, -0.25) is 0 Å². The molecular formula is C10H10N4O. The van der Waals surface area contributed by atoms with Gasteiger partial charge in [-0.25, -0.2) is 15.0 Å². The first-order valence-corrected chi connectivity index (χ1v) is 4.57. The molecule has 0 saturated carbocycles. The first-order valence-electron chi connectivity index (χ1n) is 4.57. The summed E-state index contributed by atoms with van der Waals surface area (Å²) in [5, 5.41) is 0. The third kappa shape index (κ3) is 2.07. The molecule has 0 aliphatic carbocycles. The van der Waals surface area contributed by atoms with Gasteiger partial charge in [0.15, 0.2) is 11.6 Å². The van der Waals surface area contributed by atoms with Gasteiger partial charge in [0.1, 0.15) is 6.29 Å². The van der Waals surface area contributed by atoms with Crippen molar-refractivity contribution in [3.63, 3.8) is 0 Å². The Morgan fingerprint density at radius 3 is 3.00 bits per heavy atom. The molecule has 2 rings (SSSR count). The van der Waals surface area contributed by atoms with Crippen LogP contribution in [0.1, 0.15) is 11.4 Å². The number of aryl methyl sites for hydroxylation is 1. The van der Waals surface area contributed by atoms with Gasteiger partial charge in [0.05, 0.1) is 5.69 Å². The average Bonchev–Trinajstić information content (AvgIpc) is 2.70. The van der Waals surface area contributed by atoms with Crippen molar-refractivity contribution in [1.29, 1.82) is 0 Å². The fourth-order valence-electron chi connectivity index (χ4n) is 1.32. The Labute approximate surface area is 86.6 Å². The van der Waals surface area contributed by atoms with Gasteiger partial charge in [-0.2, -0.15) is 0 Å². The number of aldehydes is 1. The van der Waals surface area contributed by atoms with Crippen LogP contribution in [0.2, 0.25) is 0 Å². The Morgan fingerprint density at radius 1 is 1.47 bits per heavy atom. The van der Waals surface area contributed by atoms with Gasteiger partial charge in [-0.05, 0) is 13.0 Å². The fraction of sp³-hybridized carbons (Fsp3) is 0.200. The molecule has 0 atom stereocenters. The van der Waals surface area contributed by atoms with Crippen molar-refractivity contribution in [2.24, 2.45) is 0 Å². The van der Waals surface area contributed by atoms with Crippen molar-refractivity contribution in [2.75, 3.05) is 0 Å². The second-order valence-corrected chi connectivity index (χ2v) is 3.13. The molecule has 15 heavy (non-hydrogen) atoms. The number of aromatic nitrogens is 4. The molecule has 5 nitrogen and oxygen atoms in total. The number of imidazole rings is 1. The smallest absolute Gasteiger partial charge is 0.196 e. The number of H-pyrrole nitrogens is 1. The van der Waals surface area contributed by atoms with E-state index in [-0.39, 0.29) is 0 Å². The van der Waals surface area contributed by atoms with Crippen LogP contribution >= 0.6 is 0 Å². The molecule has 0 unspecified atom stereocenters. The fourth-order valence-corrected chi connectivity index (χ4v) is 1.32. The quantitative estimate of drug-likeness (QED) is 0.751. The minimum absolute atomic E-state index is 0.303. The summed E-state index contributed by atoms with van der Waals surface area (Å²) in [4.78, 5) is 25.9. The van der Waals surface area contributed by atoms with Crippen molar-refractivity contribution in [2.45, 2.75) is 13.3 Å². The number of nitrogens with one attached hydrogen (secondary N) is 1. The second kappa shape index (κ2) is 4.00. The van der Waals surface area contributed by atoms with E-state index in [4.69, 9.17) is 0 Å². The predicted octanol–water partition coefficient (Wildman–Crippen LogP) is 0.917. The first-order chi connectivity index (χ1) is 7.29. The van der Waals surface area contributed by atoms with Crippen LogP contribution in [0.3, 0.4) is 0 Å². The maximum Gasteiger partial charge on any atom is 0.196 e. The summed E-state index contributed by atoms with van der Waals surface area (Å²) < 4.78 is 0. The Morgan fingerprint density at radius 2 is 2.33 bits per heavy atom. The summed E-state index contributed by atoms with van der Waals surface area (Å²) in [7, 11) is 0. The highest BCUT2D eigenvalue weighted by Crippen LogP contribution is 2.10. The molecule has 1 N–H and O–H groups in total. The molecule has 0 aliphatic rings. The molecule has 2 aromatic heterocycles. The average molecular weight is 202 g/mol. The summed E-state index contributed by atoms with van der Waals surface area (Å²) in [5.41, 5.74) is 1.54. The molecule has 0 radical (unpaired) electrons. The van der Waals surface area contributed by atoms with Crippen LogP contribution in [0, 0.1) is 6.92 Å².